The minimum absolute atomic E-state index is 0. The number of imide groups is 3. The Labute approximate surface area is 716 Å². The lowest BCUT2D eigenvalue weighted by atomic mass is 9.49. The number of nitrogens with two attached hydrogens (primary N) is 1. The van der Waals surface area contributed by atoms with E-state index >= 15 is 0 Å². The normalized spacial score (nSPS) is 23.9. The Morgan fingerprint density at radius 3 is 1.29 bits per heavy atom. The Kier molecular flexibility index (Phi) is 25.7. The number of ketones is 2. The van der Waals surface area contributed by atoms with Gasteiger partial charge in [0.25, 0.3) is 29.5 Å². The van der Waals surface area contributed by atoms with Gasteiger partial charge in [0.15, 0.2) is 5.78 Å². The Morgan fingerprint density at radius 1 is 0.492 bits per heavy atom. The smallest absolute Gasteiger partial charge is 0.335 e. The van der Waals surface area contributed by atoms with Crippen molar-refractivity contribution in [2.75, 3.05) is 111 Å². The van der Waals surface area contributed by atoms with Gasteiger partial charge in [-0.05, 0) is 160 Å². The van der Waals surface area contributed by atoms with Crippen LogP contribution in [0.3, 0.4) is 0 Å². The summed E-state index contributed by atoms with van der Waals surface area (Å²) in [7, 11) is 0. The summed E-state index contributed by atoms with van der Waals surface area (Å²) in [6.45, 7) is 43.8. The van der Waals surface area contributed by atoms with Crippen molar-refractivity contribution in [1.29, 1.82) is 0 Å². The van der Waals surface area contributed by atoms with Crippen molar-refractivity contribution in [1.82, 2.24) is 30.2 Å². The number of nitrogens with zero attached hydrogens (tertiary/aromatic N) is 10. The van der Waals surface area contributed by atoms with E-state index in [1.165, 1.54) is 0 Å². The van der Waals surface area contributed by atoms with Gasteiger partial charge in [-0.3, -0.25) is 68.1 Å². The number of halogens is 3. The Balaban J connectivity index is 0.000000176. The van der Waals surface area contributed by atoms with Crippen molar-refractivity contribution in [3.63, 3.8) is 0 Å². The average molecular weight is 1690 g/mol. The molecular formula is C91H104Cl3N13O13. The third kappa shape index (κ3) is 17.6. The van der Waals surface area contributed by atoms with Gasteiger partial charge < -0.3 is 45.2 Å². The number of piperidine rings is 3. The molecule has 8 fully saturated rings. The number of ether oxygens (including phenoxy) is 2. The molecule has 0 aromatic heterocycles. The summed E-state index contributed by atoms with van der Waals surface area (Å²) in [5.74, 6) is -1.88. The predicted octanol–water partition coefficient (Wildman–Crippen LogP) is 13.1. The number of amides is 7. The number of hydrogen-bond donors (Lipinski definition) is 4. The number of nitrogens with one attached hydrogen (secondary N) is 2. The first kappa shape index (κ1) is 87.4. The number of Topliss-reactive ketones (excluding diaryl/α,β-unsaturated/α-hetero) is 2. The summed E-state index contributed by atoms with van der Waals surface area (Å²) in [6.07, 6.45) is 4.63. The zero-order chi connectivity index (χ0) is 84.9. The molecule has 3 aliphatic carbocycles. The SMILES string of the molecule is Cl.O=C1CCC(N2C(=O)c3ccc(N4CCN(CC5CCN(c6ccc(C(=O)O)cc6)CC5)CC4)cc3C2=O)C(=O)C1.[C-]#[N+]c1ccc(OC2C(C)(C)C(N)C2(C)C)cc1Cl.[C-]#[N+]c1ccc(OC2C(C)(C)C(NC(=O)c3ccc(N4CCC(CN5CCN(c6ccc7c(c6)C(=O)N(C6CCC(=O)NC6=O)C7=O)CC5)CC4)cc3)C2(C)C)cc1Cl. The van der Waals surface area contributed by atoms with E-state index in [-0.39, 0.29) is 108 Å². The van der Waals surface area contributed by atoms with Crippen molar-refractivity contribution >= 4 is 129 Å². The molecule has 5 N–H and O–H groups in total. The van der Waals surface area contributed by atoms with E-state index < -0.39 is 53.5 Å². The molecule has 2 atom stereocenters. The fourth-order valence-corrected chi connectivity index (χ4v) is 20.5. The molecule has 2 unspecified atom stereocenters. The zero-order valence-corrected chi connectivity index (χ0v) is 71.3. The molecule has 26 nitrogen and oxygen atoms in total. The van der Waals surface area contributed by atoms with Crippen molar-refractivity contribution in [3.8, 4) is 11.5 Å². The van der Waals surface area contributed by atoms with Crippen molar-refractivity contribution in [2.45, 2.75) is 150 Å². The van der Waals surface area contributed by atoms with Gasteiger partial charge in [-0.1, -0.05) is 90.7 Å². The van der Waals surface area contributed by atoms with Crippen LogP contribution in [0.5, 0.6) is 11.5 Å². The molecule has 632 valence electrons. The lowest BCUT2D eigenvalue weighted by Crippen LogP contribution is -2.74. The monoisotopic (exact) mass is 1690 g/mol. The molecule has 6 aromatic carbocycles. The second-order valence-corrected chi connectivity index (χ2v) is 36.4. The van der Waals surface area contributed by atoms with Crippen molar-refractivity contribution in [3.05, 3.63) is 188 Å². The van der Waals surface area contributed by atoms with Gasteiger partial charge in [-0.15, -0.1) is 12.4 Å². The van der Waals surface area contributed by atoms with Crippen LogP contribution in [0, 0.1) is 46.6 Å². The minimum atomic E-state index is -0.974. The van der Waals surface area contributed by atoms with Crippen LogP contribution in [0.1, 0.15) is 175 Å². The zero-order valence-electron chi connectivity index (χ0n) is 69.0. The summed E-state index contributed by atoms with van der Waals surface area (Å²) in [4.78, 5) is 149. The van der Waals surface area contributed by atoms with E-state index in [1.807, 2.05) is 48.5 Å². The fraction of sp³-hybridized carbons (Fsp3) is 0.473. The van der Waals surface area contributed by atoms with Crippen LogP contribution in [0.2, 0.25) is 10.0 Å². The molecule has 7 amide bonds. The van der Waals surface area contributed by atoms with Gasteiger partial charge in [-0.25, -0.2) is 14.5 Å². The first-order valence-electron chi connectivity index (χ1n) is 41.2. The summed E-state index contributed by atoms with van der Waals surface area (Å²) in [6, 6.07) is 34.1. The van der Waals surface area contributed by atoms with Gasteiger partial charge in [-0.2, -0.15) is 0 Å². The molecule has 16 rings (SSSR count). The highest BCUT2D eigenvalue weighted by molar-refractivity contribution is 6.34. The maximum atomic E-state index is 13.5. The molecule has 6 aromatic rings. The largest absolute Gasteiger partial charge is 0.489 e. The molecule has 29 heteroatoms. The van der Waals surface area contributed by atoms with E-state index in [2.05, 4.69) is 105 Å². The fourth-order valence-electron chi connectivity index (χ4n) is 20.0. The molecule has 10 aliphatic rings. The Morgan fingerprint density at radius 2 is 0.883 bits per heavy atom. The highest BCUT2D eigenvalue weighted by atomic mass is 35.5. The molecule has 3 saturated carbocycles. The summed E-state index contributed by atoms with van der Waals surface area (Å²) in [5, 5.41) is 15.4. The van der Waals surface area contributed by atoms with Crippen molar-refractivity contribution < 1.29 is 62.5 Å². The van der Waals surface area contributed by atoms with E-state index in [0.717, 1.165) is 150 Å². The number of piperazine rings is 2. The molecule has 0 bridgehead atoms. The van der Waals surface area contributed by atoms with Gasteiger partial charge in [0.05, 0.1) is 63.5 Å². The number of fused-ring (bicyclic) bond motifs is 2. The van der Waals surface area contributed by atoms with Crippen LogP contribution in [0.4, 0.5) is 34.1 Å². The third-order valence-corrected chi connectivity index (χ3v) is 27.0. The van der Waals surface area contributed by atoms with Crippen LogP contribution in [0.15, 0.2) is 121 Å². The van der Waals surface area contributed by atoms with Crippen molar-refractivity contribution in [2.24, 2.45) is 39.2 Å². The highest BCUT2D eigenvalue weighted by Gasteiger charge is 2.65. The van der Waals surface area contributed by atoms with Crippen LogP contribution in [0.25, 0.3) is 9.69 Å². The first-order valence-corrected chi connectivity index (χ1v) is 41.9. The van der Waals surface area contributed by atoms with Crippen LogP contribution >= 0.6 is 35.6 Å². The predicted molar refractivity (Wildman–Crippen MR) is 461 cm³/mol. The summed E-state index contributed by atoms with van der Waals surface area (Å²) >= 11 is 12.3. The Hall–Kier alpha value is -10.5. The quantitative estimate of drug-likeness (QED) is 0.0375. The molecule has 0 radical (unpaired) electrons. The molecule has 7 heterocycles. The maximum absolute atomic E-state index is 13.5. The number of hydrogen-bond acceptors (Lipinski definition) is 19. The lowest BCUT2D eigenvalue weighted by molar-refractivity contribution is -0.164. The molecule has 7 aliphatic heterocycles. The van der Waals surface area contributed by atoms with Gasteiger partial charge in [0, 0.05) is 167 Å². The second kappa shape index (κ2) is 35.3. The van der Waals surface area contributed by atoms with E-state index in [9.17, 15) is 47.9 Å². The average Bonchev–Trinajstić information content (AvgIpc) is 1.01. The topological polar surface area (TPSA) is 294 Å². The Bertz CT molecular complexity index is 5060. The number of aromatic carboxylic acids is 1. The van der Waals surface area contributed by atoms with E-state index in [4.69, 9.17) is 56.7 Å². The standard InChI is InChI=1S/C45H50ClN7O6.C31H34N4O6.C15H19ClN2O.ClH/c1-44(2)42(45(3,4)43(44)59-31-11-13-35(47-5)34(46)25-31)49-38(55)28-6-8-29(9-7-28)51-18-16-27(17-19-51)26-50-20-22-52(23-21-50)30-10-12-32-33(24-30)41(58)53(40(32)57)36-14-15-37(54)48-39(36)56;36-24-6-8-27(28(37)18-24)35-29(38)25-7-5-23(17-26(25)30(35)39)34-15-13-32(14-16-34)19-20-9-11-33(12-10-20)22-3-1-21(2-4-22)31(40)41;1-14(2)12(17)15(3,4)13(14)19-9-6-7-11(18-5)10(16)8-9;/h6-13,24-25,27,36,42-43H,14-23,26H2,1-4H3,(H,49,55)(H,48,54,56);1-5,7,17,20,27H,6,8-16,18-19H2,(H,40,41);6-8,12-13H,17H2,1-4H3;1H. The minimum Gasteiger partial charge on any atom is -0.489 e. The van der Waals surface area contributed by atoms with Gasteiger partial charge >= 0.3 is 5.97 Å². The highest BCUT2D eigenvalue weighted by Crippen LogP contribution is 2.57. The summed E-state index contributed by atoms with van der Waals surface area (Å²) in [5.41, 5.74) is 12.3. The second-order valence-electron chi connectivity index (χ2n) is 35.6. The van der Waals surface area contributed by atoms with E-state index in [0.29, 0.717) is 78.1 Å². The first-order chi connectivity index (χ1) is 56.6. The number of carboxylic acid groups (broad SMARTS) is 1. The number of anilines is 4. The van der Waals surface area contributed by atoms with Crippen LogP contribution < -0.4 is 45.4 Å². The van der Waals surface area contributed by atoms with Gasteiger partial charge in [0.2, 0.25) is 23.2 Å². The number of carboxylic acids is 1. The maximum Gasteiger partial charge on any atom is 0.335 e. The lowest BCUT2D eigenvalue weighted by Gasteiger charge is -2.63. The number of carbonyl (C=O) groups is 10. The number of carbonyl (C=O) groups excluding carboxylic acids is 9. The molecular weight excluding hydrogens is 1590 g/mol. The molecule has 120 heavy (non-hydrogen) atoms. The summed E-state index contributed by atoms with van der Waals surface area (Å²) < 4.78 is 12.5. The van der Waals surface area contributed by atoms with Crippen LogP contribution in [-0.4, -0.2) is 212 Å². The molecule has 5 saturated heterocycles. The number of benzene rings is 6. The number of rotatable bonds is 17. The molecule has 0 spiro atoms. The van der Waals surface area contributed by atoms with E-state index in [1.54, 1.807) is 72.8 Å². The van der Waals surface area contributed by atoms with Gasteiger partial charge in [0.1, 0.15) is 35.5 Å². The van der Waals surface area contributed by atoms with Crippen LogP contribution in [-0.2, 0) is 19.2 Å². The third-order valence-electron chi connectivity index (χ3n) is 26.4.